The van der Waals surface area contributed by atoms with E-state index in [1.165, 1.54) is 36.5 Å². The molecule has 30 heavy (non-hydrogen) atoms. The summed E-state index contributed by atoms with van der Waals surface area (Å²) in [5.74, 6) is -2.05. The average molecular weight is 441 g/mol. The zero-order chi connectivity index (χ0) is 21.7. The van der Waals surface area contributed by atoms with E-state index in [1.807, 2.05) is 24.3 Å². The van der Waals surface area contributed by atoms with E-state index >= 15 is 0 Å². The third kappa shape index (κ3) is 5.34. The van der Waals surface area contributed by atoms with Gasteiger partial charge >= 0.3 is 5.97 Å². The van der Waals surface area contributed by atoms with E-state index in [2.05, 4.69) is 10.6 Å². The molecule has 1 aromatic heterocycles. The number of carboxylic acids is 1. The summed E-state index contributed by atoms with van der Waals surface area (Å²) in [7, 11) is 0. The monoisotopic (exact) mass is 440 g/mol. The van der Waals surface area contributed by atoms with Gasteiger partial charge in [-0.1, -0.05) is 29.8 Å². The summed E-state index contributed by atoms with van der Waals surface area (Å²) >= 11 is 7.58. The highest BCUT2D eigenvalue weighted by Crippen LogP contribution is 2.33. The quantitative estimate of drug-likeness (QED) is 0.476. The van der Waals surface area contributed by atoms with Gasteiger partial charge in [0.05, 0.1) is 0 Å². The third-order valence-electron chi connectivity index (χ3n) is 4.00. The Morgan fingerprint density at radius 2 is 1.70 bits per heavy atom. The molecule has 2 aromatic carbocycles. The lowest BCUT2D eigenvalue weighted by atomic mass is 10.2. The Kier molecular flexibility index (Phi) is 6.66. The van der Waals surface area contributed by atoms with Crippen LogP contribution < -0.4 is 10.6 Å². The number of nitrogens with one attached hydrogen (secondary N) is 2. The standard InChI is InChI=1S/C22H17ClN2O4S/c1-13(26)24-15-8-6-14(7-9-15)21(27)25-19(22(28)29)12-16-10-11-20(30-16)17-4-2-3-5-18(17)23/h2-12H,1H3,(H,24,26)(H,25,27)(H,28,29). The first-order valence-electron chi connectivity index (χ1n) is 8.82. The lowest BCUT2D eigenvalue weighted by Crippen LogP contribution is -2.27. The Morgan fingerprint density at radius 1 is 1.00 bits per heavy atom. The molecule has 0 unspecified atom stereocenters. The van der Waals surface area contributed by atoms with E-state index in [4.69, 9.17) is 11.6 Å². The molecule has 0 saturated heterocycles. The number of carbonyl (C=O) groups excluding carboxylic acids is 2. The molecule has 152 valence electrons. The maximum Gasteiger partial charge on any atom is 0.352 e. The van der Waals surface area contributed by atoms with Gasteiger partial charge in [0.25, 0.3) is 5.91 Å². The number of amides is 2. The molecule has 8 heteroatoms. The number of hydrogen-bond acceptors (Lipinski definition) is 4. The first-order valence-corrected chi connectivity index (χ1v) is 10.0. The summed E-state index contributed by atoms with van der Waals surface area (Å²) in [4.78, 5) is 36.7. The van der Waals surface area contributed by atoms with E-state index in [9.17, 15) is 19.5 Å². The second-order valence-electron chi connectivity index (χ2n) is 6.26. The fourth-order valence-corrected chi connectivity index (χ4v) is 3.92. The van der Waals surface area contributed by atoms with Gasteiger partial charge in [-0.2, -0.15) is 0 Å². The van der Waals surface area contributed by atoms with Crippen molar-refractivity contribution in [3.05, 3.63) is 81.8 Å². The number of rotatable bonds is 6. The van der Waals surface area contributed by atoms with Crippen molar-refractivity contribution in [2.24, 2.45) is 0 Å². The lowest BCUT2D eigenvalue weighted by molar-refractivity contribution is -0.132. The number of hydrogen-bond donors (Lipinski definition) is 3. The fraction of sp³-hybridized carbons (Fsp3) is 0.0455. The van der Waals surface area contributed by atoms with Crippen molar-refractivity contribution < 1.29 is 19.5 Å². The molecule has 0 fully saturated rings. The molecule has 0 spiro atoms. The van der Waals surface area contributed by atoms with Crippen LogP contribution in [0, 0.1) is 0 Å². The predicted molar refractivity (Wildman–Crippen MR) is 119 cm³/mol. The van der Waals surface area contributed by atoms with Gasteiger partial charge in [0.15, 0.2) is 0 Å². The van der Waals surface area contributed by atoms with Crippen LogP contribution in [0.25, 0.3) is 16.5 Å². The van der Waals surface area contributed by atoms with Crippen molar-refractivity contribution in [2.45, 2.75) is 6.92 Å². The van der Waals surface area contributed by atoms with Gasteiger partial charge in [-0.15, -0.1) is 11.3 Å². The number of aliphatic carboxylic acids is 1. The molecule has 1 heterocycles. The molecule has 0 aliphatic carbocycles. The number of carboxylic acid groups (broad SMARTS) is 1. The Morgan fingerprint density at radius 3 is 2.33 bits per heavy atom. The zero-order valence-electron chi connectivity index (χ0n) is 15.8. The number of anilines is 1. The van der Waals surface area contributed by atoms with Gasteiger partial charge in [0, 0.05) is 38.5 Å². The number of halogens is 1. The molecule has 0 saturated carbocycles. The van der Waals surface area contributed by atoms with Crippen LogP contribution in [-0.2, 0) is 9.59 Å². The predicted octanol–water partition coefficient (Wildman–Crippen LogP) is 4.88. The summed E-state index contributed by atoms with van der Waals surface area (Å²) in [6.07, 6.45) is 1.40. The van der Waals surface area contributed by atoms with Crippen LogP contribution in [0.15, 0.2) is 66.4 Å². The normalized spacial score (nSPS) is 11.1. The van der Waals surface area contributed by atoms with E-state index in [0.29, 0.717) is 15.6 Å². The number of thiophene rings is 1. The van der Waals surface area contributed by atoms with Crippen molar-refractivity contribution in [3.8, 4) is 10.4 Å². The van der Waals surface area contributed by atoms with E-state index in [-0.39, 0.29) is 17.2 Å². The summed E-state index contributed by atoms with van der Waals surface area (Å²) in [5, 5.41) is 15.1. The van der Waals surface area contributed by atoms with E-state index in [0.717, 1.165) is 10.4 Å². The first-order chi connectivity index (χ1) is 14.3. The van der Waals surface area contributed by atoms with Crippen LogP contribution in [0.5, 0.6) is 0 Å². The summed E-state index contributed by atoms with van der Waals surface area (Å²) in [6.45, 7) is 1.38. The molecule has 6 nitrogen and oxygen atoms in total. The minimum absolute atomic E-state index is 0.226. The van der Waals surface area contributed by atoms with Crippen LogP contribution >= 0.6 is 22.9 Å². The van der Waals surface area contributed by atoms with Gasteiger partial charge in [-0.3, -0.25) is 9.59 Å². The molecule has 3 N–H and O–H groups in total. The van der Waals surface area contributed by atoms with Crippen LogP contribution in [0.2, 0.25) is 5.02 Å². The van der Waals surface area contributed by atoms with Crippen LogP contribution in [0.3, 0.4) is 0 Å². The number of carbonyl (C=O) groups is 3. The van der Waals surface area contributed by atoms with E-state index in [1.54, 1.807) is 24.3 Å². The molecular weight excluding hydrogens is 424 g/mol. The molecule has 3 aromatic rings. The molecular formula is C22H17ClN2O4S. The molecule has 0 bridgehead atoms. The van der Waals surface area contributed by atoms with Crippen LogP contribution in [-0.4, -0.2) is 22.9 Å². The highest BCUT2D eigenvalue weighted by molar-refractivity contribution is 7.16. The molecule has 0 aliphatic heterocycles. The SMILES string of the molecule is CC(=O)Nc1ccc(C(=O)NC(=Cc2ccc(-c3ccccc3Cl)s2)C(=O)O)cc1. The number of benzene rings is 2. The second-order valence-corrected chi connectivity index (χ2v) is 7.78. The molecule has 2 amide bonds. The van der Waals surface area contributed by atoms with Crippen molar-refractivity contribution in [1.29, 1.82) is 0 Å². The van der Waals surface area contributed by atoms with E-state index < -0.39 is 11.9 Å². The summed E-state index contributed by atoms with van der Waals surface area (Å²) in [6, 6.07) is 17.1. The minimum atomic E-state index is -1.26. The third-order valence-corrected chi connectivity index (χ3v) is 5.39. The second kappa shape index (κ2) is 9.39. The van der Waals surface area contributed by atoms with Gasteiger partial charge in [-0.05, 0) is 48.5 Å². The Labute approximate surface area is 181 Å². The van der Waals surface area contributed by atoms with Crippen molar-refractivity contribution in [1.82, 2.24) is 5.32 Å². The van der Waals surface area contributed by atoms with Gasteiger partial charge < -0.3 is 15.7 Å². The van der Waals surface area contributed by atoms with Crippen LogP contribution in [0.4, 0.5) is 5.69 Å². The fourth-order valence-electron chi connectivity index (χ4n) is 2.63. The van der Waals surface area contributed by atoms with Crippen LogP contribution in [0.1, 0.15) is 22.2 Å². The maximum absolute atomic E-state index is 12.4. The Bertz CT molecular complexity index is 1140. The Hall–Kier alpha value is -3.42. The van der Waals surface area contributed by atoms with Gasteiger partial charge in [-0.25, -0.2) is 4.79 Å². The summed E-state index contributed by atoms with van der Waals surface area (Å²) < 4.78 is 0. The molecule has 0 aliphatic rings. The average Bonchev–Trinajstić information content (AvgIpc) is 3.16. The smallest absolute Gasteiger partial charge is 0.352 e. The highest BCUT2D eigenvalue weighted by atomic mass is 35.5. The van der Waals surface area contributed by atoms with Crippen molar-refractivity contribution in [2.75, 3.05) is 5.32 Å². The largest absolute Gasteiger partial charge is 0.477 e. The molecule has 0 atom stereocenters. The minimum Gasteiger partial charge on any atom is -0.477 e. The molecule has 0 radical (unpaired) electrons. The molecule has 3 rings (SSSR count). The zero-order valence-corrected chi connectivity index (χ0v) is 17.4. The topological polar surface area (TPSA) is 95.5 Å². The van der Waals surface area contributed by atoms with Crippen molar-refractivity contribution in [3.63, 3.8) is 0 Å². The summed E-state index contributed by atoms with van der Waals surface area (Å²) in [5.41, 5.74) is 1.40. The van der Waals surface area contributed by atoms with Gasteiger partial charge in [0.1, 0.15) is 5.70 Å². The van der Waals surface area contributed by atoms with Gasteiger partial charge in [0.2, 0.25) is 5.91 Å². The Balaban J connectivity index is 1.78. The van der Waals surface area contributed by atoms with Crippen molar-refractivity contribution >= 4 is 52.5 Å². The lowest BCUT2D eigenvalue weighted by Gasteiger charge is -2.07. The first kappa shape index (κ1) is 21.3. The highest BCUT2D eigenvalue weighted by Gasteiger charge is 2.15. The maximum atomic E-state index is 12.4.